The number of halogens is 4. The number of benzene rings is 1. The van der Waals surface area contributed by atoms with Gasteiger partial charge in [-0.1, -0.05) is 11.6 Å². The average Bonchev–Trinajstić information content (AvgIpc) is 2.96. The number of anilines is 1. The van der Waals surface area contributed by atoms with Crippen LogP contribution in [0, 0.1) is 0 Å². The Labute approximate surface area is 132 Å². The molecule has 0 fully saturated rings. The maximum atomic E-state index is 12.8. The van der Waals surface area contributed by atoms with Crippen molar-refractivity contribution in [2.45, 2.75) is 6.18 Å². The lowest BCUT2D eigenvalue weighted by Gasteiger charge is -2.12. The molecule has 0 bridgehead atoms. The van der Waals surface area contributed by atoms with Crippen LogP contribution in [0.1, 0.15) is 16.1 Å². The van der Waals surface area contributed by atoms with E-state index < -0.39 is 22.7 Å². The Morgan fingerprint density at radius 2 is 1.96 bits per heavy atom. The molecule has 9 heteroatoms. The molecule has 118 valence electrons. The molecule has 5 nitrogen and oxygen atoms in total. The Morgan fingerprint density at radius 3 is 2.70 bits per heavy atom. The molecule has 3 aromatic rings. The van der Waals surface area contributed by atoms with Gasteiger partial charge in [0.25, 0.3) is 5.91 Å². The first-order chi connectivity index (χ1) is 10.9. The fraction of sp³-hybridized carbons (Fsp3) is 0.0714. The number of aromatic nitrogens is 3. The van der Waals surface area contributed by atoms with Gasteiger partial charge in [-0.3, -0.25) is 4.79 Å². The van der Waals surface area contributed by atoms with Crippen LogP contribution in [0.3, 0.4) is 0 Å². The number of hydrogen-bond donors (Lipinski definition) is 1. The third-order valence-electron chi connectivity index (χ3n) is 3.05. The van der Waals surface area contributed by atoms with Crippen LogP contribution in [0.25, 0.3) is 5.65 Å². The van der Waals surface area contributed by atoms with Gasteiger partial charge in [-0.05, 0) is 24.3 Å². The summed E-state index contributed by atoms with van der Waals surface area (Å²) < 4.78 is 39.8. The van der Waals surface area contributed by atoms with Crippen molar-refractivity contribution in [2.75, 3.05) is 5.32 Å². The Balaban J connectivity index is 1.93. The van der Waals surface area contributed by atoms with E-state index >= 15 is 0 Å². The second-order valence-electron chi connectivity index (χ2n) is 4.58. The smallest absolute Gasteiger partial charge is 0.321 e. The zero-order chi connectivity index (χ0) is 16.6. The van der Waals surface area contributed by atoms with Crippen molar-refractivity contribution < 1.29 is 18.0 Å². The van der Waals surface area contributed by atoms with Gasteiger partial charge in [-0.25, -0.2) is 9.50 Å². The first-order valence-corrected chi connectivity index (χ1v) is 6.71. The highest BCUT2D eigenvalue weighted by atomic mass is 35.5. The first-order valence-electron chi connectivity index (χ1n) is 6.33. The molecule has 0 saturated heterocycles. The van der Waals surface area contributed by atoms with E-state index in [-0.39, 0.29) is 11.4 Å². The molecule has 1 amide bonds. The molecule has 23 heavy (non-hydrogen) atoms. The summed E-state index contributed by atoms with van der Waals surface area (Å²) in [7, 11) is 0. The molecule has 1 aromatic carbocycles. The Kier molecular flexibility index (Phi) is 3.69. The maximum absolute atomic E-state index is 12.8. The van der Waals surface area contributed by atoms with Crippen molar-refractivity contribution in [2.24, 2.45) is 0 Å². The van der Waals surface area contributed by atoms with Crippen LogP contribution in [-0.2, 0) is 6.18 Å². The predicted octanol–water partition coefficient (Wildman–Crippen LogP) is 3.65. The minimum absolute atomic E-state index is 0.0242. The molecule has 2 aromatic heterocycles. The van der Waals surface area contributed by atoms with E-state index in [0.29, 0.717) is 5.65 Å². The summed E-state index contributed by atoms with van der Waals surface area (Å²) >= 11 is 5.54. The number of rotatable bonds is 2. The summed E-state index contributed by atoms with van der Waals surface area (Å²) in [6.07, 6.45) is -1.73. The van der Waals surface area contributed by atoms with Gasteiger partial charge >= 0.3 is 6.18 Å². The molecule has 0 unspecified atom stereocenters. The van der Waals surface area contributed by atoms with Crippen molar-refractivity contribution in [3.63, 3.8) is 0 Å². The molecule has 1 N–H and O–H groups in total. The van der Waals surface area contributed by atoms with Crippen LogP contribution in [0.15, 0.2) is 42.7 Å². The number of nitrogens with zero attached hydrogens (tertiary/aromatic N) is 3. The summed E-state index contributed by atoms with van der Waals surface area (Å²) in [5.41, 5.74) is -0.451. The van der Waals surface area contributed by atoms with Gasteiger partial charge in [-0.15, -0.1) is 0 Å². The van der Waals surface area contributed by atoms with Crippen molar-refractivity contribution in [1.29, 1.82) is 0 Å². The highest BCUT2D eigenvalue weighted by molar-refractivity contribution is 6.31. The van der Waals surface area contributed by atoms with Crippen LogP contribution in [0.4, 0.5) is 18.9 Å². The van der Waals surface area contributed by atoms with Gasteiger partial charge in [0.1, 0.15) is 5.69 Å². The van der Waals surface area contributed by atoms with Gasteiger partial charge < -0.3 is 5.32 Å². The predicted molar refractivity (Wildman–Crippen MR) is 77.4 cm³/mol. The summed E-state index contributed by atoms with van der Waals surface area (Å²) in [6, 6.07) is 6.16. The van der Waals surface area contributed by atoms with Crippen molar-refractivity contribution in [1.82, 2.24) is 14.6 Å². The van der Waals surface area contributed by atoms with Crippen LogP contribution in [0.2, 0.25) is 5.02 Å². The molecule has 0 spiro atoms. The molecule has 0 radical (unpaired) electrons. The number of alkyl halides is 3. The minimum atomic E-state index is -4.61. The maximum Gasteiger partial charge on any atom is 0.417 e. The summed E-state index contributed by atoms with van der Waals surface area (Å²) in [6.45, 7) is 0. The monoisotopic (exact) mass is 340 g/mol. The average molecular weight is 341 g/mol. The Bertz CT molecular complexity index is 891. The number of carbonyl (C=O) groups excluding carboxylic acids is 1. The Morgan fingerprint density at radius 1 is 1.17 bits per heavy atom. The molecular weight excluding hydrogens is 333 g/mol. The number of fused-ring (bicyclic) bond motifs is 1. The number of carbonyl (C=O) groups is 1. The van der Waals surface area contributed by atoms with Crippen LogP contribution >= 0.6 is 11.6 Å². The fourth-order valence-electron chi connectivity index (χ4n) is 2.02. The van der Waals surface area contributed by atoms with Gasteiger partial charge in [0.15, 0.2) is 5.65 Å². The van der Waals surface area contributed by atoms with E-state index in [4.69, 9.17) is 11.6 Å². The van der Waals surface area contributed by atoms with E-state index in [1.165, 1.54) is 29.0 Å². The zero-order valence-electron chi connectivity index (χ0n) is 11.3. The van der Waals surface area contributed by atoms with Gasteiger partial charge in [0.2, 0.25) is 0 Å². The second-order valence-corrected chi connectivity index (χ2v) is 4.98. The summed E-state index contributed by atoms with van der Waals surface area (Å²) in [4.78, 5) is 16.3. The molecule has 0 saturated carbocycles. The van der Waals surface area contributed by atoms with Crippen LogP contribution < -0.4 is 5.32 Å². The number of nitrogens with one attached hydrogen (secondary N) is 1. The molecule has 0 atom stereocenters. The quantitative estimate of drug-likeness (QED) is 0.774. The minimum Gasteiger partial charge on any atom is -0.321 e. The lowest BCUT2D eigenvalue weighted by atomic mass is 10.2. The van der Waals surface area contributed by atoms with Crippen LogP contribution in [0.5, 0.6) is 0 Å². The van der Waals surface area contributed by atoms with Crippen molar-refractivity contribution >= 4 is 28.8 Å². The molecule has 3 rings (SSSR count). The highest BCUT2D eigenvalue weighted by Crippen LogP contribution is 2.36. The molecule has 2 heterocycles. The molecular formula is C14H8ClF3N4O. The topological polar surface area (TPSA) is 59.3 Å². The van der Waals surface area contributed by atoms with E-state index in [1.807, 2.05) is 0 Å². The lowest BCUT2D eigenvalue weighted by molar-refractivity contribution is -0.137. The third-order valence-corrected chi connectivity index (χ3v) is 3.38. The number of hydrogen-bond acceptors (Lipinski definition) is 3. The van der Waals surface area contributed by atoms with E-state index in [0.717, 1.165) is 12.1 Å². The number of amides is 1. The lowest BCUT2D eigenvalue weighted by Crippen LogP contribution is -2.17. The summed E-state index contributed by atoms with van der Waals surface area (Å²) in [5.74, 6) is -0.614. The Hall–Kier alpha value is -2.61. The highest BCUT2D eigenvalue weighted by Gasteiger charge is 2.33. The largest absolute Gasteiger partial charge is 0.417 e. The first kappa shape index (κ1) is 15.3. The normalized spacial score (nSPS) is 11.7. The summed E-state index contributed by atoms with van der Waals surface area (Å²) in [5, 5.41) is 5.90. The SMILES string of the molecule is O=C(Nc1ccc(Cl)c(C(F)(F)F)c1)c1ccnc2ccnn12. The molecule has 0 aliphatic heterocycles. The van der Waals surface area contributed by atoms with E-state index in [9.17, 15) is 18.0 Å². The van der Waals surface area contributed by atoms with Crippen LogP contribution in [-0.4, -0.2) is 20.5 Å². The van der Waals surface area contributed by atoms with Gasteiger partial charge in [0, 0.05) is 18.0 Å². The van der Waals surface area contributed by atoms with E-state index in [2.05, 4.69) is 15.4 Å². The van der Waals surface area contributed by atoms with Gasteiger partial charge in [0.05, 0.1) is 16.8 Å². The zero-order valence-corrected chi connectivity index (χ0v) is 12.1. The van der Waals surface area contributed by atoms with E-state index in [1.54, 1.807) is 6.07 Å². The third kappa shape index (κ3) is 2.98. The van der Waals surface area contributed by atoms with Crippen molar-refractivity contribution in [3.05, 3.63) is 59.0 Å². The second kappa shape index (κ2) is 5.54. The fourth-order valence-corrected chi connectivity index (χ4v) is 2.25. The van der Waals surface area contributed by atoms with Crippen molar-refractivity contribution in [3.8, 4) is 0 Å². The van der Waals surface area contributed by atoms with Gasteiger partial charge in [-0.2, -0.15) is 18.3 Å². The standard InChI is InChI=1S/C14H8ClF3N4O/c15-10-2-1-8(7-9(10)14(16,17)18)21-13(23)11-3-5-19-12-4-6-20-22(11)12/h1-7H,(H,21,23). The molecule has 0 aliphatic carbocycles. The molecule has 0 aliphatic rings.